The van der Waals surface area contributed by atoms with Crippen molar-refractivity contribution in [2.24, 2.45) is 0 Å². The van der Waals surface area contributed by atoms with Crippen LogP contribution in [0.25, 0.3) is 0 Å². The second kappa shape index (κ2) is 7.45. The Kier molecular flexibility index (Phi) is 5.61. The maximum Gasteiger partial charge on any atom is 0.234 e. The summed E-state index contributed by atoms with van der Waals surface area (Å²) in [6.45, 7) is 7.18. The van der Waals surface area contributed by atoms with Crippen molar-refractivity contribution in [2.45, 2.75) is 38.8 Å². The van der Waals surface area contributed by atoms with Gasteiger partial charge in [-0.2, -0.15) is 0 Å². The third-order valence-electron chi connectivity index (χ3n) is 3.62. The summed E-state index contributed by atoms with van der Waals surface area (Å²) in [4.78, 5) is 14.2. The zero-order chi connectivity index (χ0) is 14.4. The summed E-state index contributed by atoms with van der Waals surface area (Å²) < 4.78 is 5.53. The normalized spacial score (nSPS) is 17.6. The summed E-state index contributed by atoms with van der Waals surface area (Å²) >= 11 is 0. The lowest BCUT2D eigenvalue weighted by molar-refractivity contribution is -0.120. The van der Waals surface area contributed by atoms with Gasteiger partial charge < -0.3 is 15.1 Å². The van der Waals surface area contributed by atoms with Gasteiger partial charge in [0.1, 0.15) is 5.76 Å². The van der Waals surface area contributed by atoms with Crippen molar-refractivity contribution in [3.8, 4) is 0 Å². The van der Waals surface area contributed by atoms with Gasteiger partial charge in [0.2, 0.25) is 5.91 Å². The van der Waals surface area contributed by atoms with E-state index in [4.69, 9.17) is 4.42 Å². The SMILES string of the molecule is CC(C)NCC(=O)NCC(c1ccco1)N1CCCC1. The zero-order valence-corrected chi connectivity index (χ0v) is 12.4. The van der Waals surface area contributed by atoms with Gasteiger partial charge in [-0.15, -0.1) is 0 Å². The molecule has 2 rings (SSSR count). The maximum absolute atomic E-state index is 11.8. The fourth-order valence-corrected chi connectivity index (χ4v) is 2.51. The molecule has 1 aliphatic heterocycles. The highest BCUT2D eigenvalue weighted by molar-refractivity contribution is 5.78. The fraction of sp³-hybridized carbons (Fsp3) is 0.667. The van der Waals surface area contributed by atoms with Crippen LogP contribution in [0.3, 0.4) is 0 Å². The molecule has 1 saturated heterocycles. The molecule has 0 spiro atoms. The minimum atomic E-state index is 0.0365. The molecule has 112 valence electrons. The van der Waals surface area contributed by atoms with Crippen LogP contribution >= 0.6 is 0 Å². The highest BCUT2D eigenvalue weighted by Crippen LogP contribution is 2.24. The second-order valence-electron chi connectivity index (χ2n) is 5.61. The Morgan fingerprint density at radius 3 is 2.75 bits per heavy atom. The van der Waals surface area contributed by atoms with Gasteiger partial charge in [0.05, 0.1) is 18.8 Å². The third kappa shape index (κ3) is 4.35. The number of nitrogens with zero attached hydrogens (tertiary/aromatic N) is 1. The molecular formula is C15H25N3O2. The van der Waals surface area contributed by atoms with E-state index >= 15 is 0 Å². The number of amides is 1. The molecule has 1 fully saturated rings. The number of hydrogen-bond donors (Lipinski definition) is 2. The highest BCUT2D eigenvalue weighted by atomic mass is 16.3. The molecule has 0 aromatic carbocycles. The van der Waals surface area contributed by atoms with E-state index in [1.807, 2.05) is 26.0 Å². The minimum Gasteiger partial charge on any atom is -0.468 e. The molecule has 1 amide bonds. The van der Waals surface area contributed by atoms with Crippen molar-refractivity contribution in [2.75, 3.05) is 26.2 Å². The molecule has 1 atom stereocenters. The summed E-state index contributed by atoms with van der Waals surface area (Å²) in [5.74, 6) is 0.971. The predicted molar refractivity (Wildman–Crippen MR) is 78.4 cm³/mol. The fourth-order valence-electron chi connectivity index (χ4n) is 2.51. The van der Waals surface area contributed by atoms with Crippen molar-refractivity contribution in [3.05, 3.63) is 24.2 Å². The van der Waals surface area contributed by atoms with Gasteiger partial charge in [-0.25, -0.2) is 0 Å². The highest BCUT2D eigenvalue weighted by Gasteiger charge is 2.25. The first kappa shape index (κ1) is 15.1. The van der Waals surface area contributed by atoms with E-state index in [-0.39, 0.29) is 11.9 Å². The predicted octanol–water partition coefficient (Wildman–Crippen LogP) is 1.53. The number of rotatable bonds is 7. The summed E-state index contributed by atoms with van der Waals surface area (Å²) in [7, 11) is 0. The van der Waals surface area contributed by atoms with Crippen LogP contribution in [-0.4, -0.2) is 43.0 Å². The lowest BCUT2D eigenvalue weighted by Crippen LogP contribution is -2.41. The molecule has 5 heteroatoms. The van der Waals surface area contributed by atoms with Gasteiger partial charge in [-0.05, 0) is 38.1 Å². The molecule has 2 heterocycles. The average molecular weight is 279 g/mol. The molecule has 1 unspecified atom stereocenters. The molecule has 20 heavy (non-hydrogen) atoms. The van der Waals surface area contributed by atoms with Crippen molar-refractivity contribution >= 4 is 5.91 Å². The van der Waals surface area contributed by atoms with Gasteiger partial charge in [-0.3, -0.25) is 9.69 Å². The monoisotopic (exact) mass is 279 g/mol. The van der Waals surface area contributed by atoms with E-state index < -0.39 is 0 Å². The molecule has 0 radical (unpaired) electrons. The molecular weight excluding hydrogens is 254 g/mol. The number of likely N-dealkylation sites (tertiary alicyclic amines) is 1. The van der Waals surface area contributed by atoms with Crippen LogP contribution in [0.4, 0.5) is 0 Å². The van der Waals surface area contributed by atoms with E-state index in [9.17, 15) is 4.79 Å². The van der Waals surface area contributed by atoms with Crippen molar-refractivity contribution in [1.82, 2.24) is 15.5 Å². The zero-order valence-electron chi connectivity index (χ0n) is 12.4. The first-order valence-electron chi connectivity index (χ1n) is 7.44. The molecule has 0 saturated carbocycles. The van der Waals surface area contributed by atoms with Crippen LogP contribution in [0.2, 0.25) is 0 Å². The van der Waals surface area contributed by atoms with Crippen LogP contribution < -0.4 is 10.6 Å². The Hall–Kier alpha value is -1.33. The van der Waals surface area contributed by atoms with E-state index in [1.165, 1.54) is 12.8 Å². The van der Waals surface area contributed by atoms with Crippen LogP contribution in [-0.2, 0) is 4.79 Å². The number of nitrogens with one attached hydrogen (secondary N) is 2. The van der Waals surface area contributed by atoms with Gasteiger partial charge in [0.15, 0.2) is 0 Å². The Balaban J connectivity index is 1.86. The van der Waals surface area contributed by atoms with E-state index in [1.54, 1.807) is 6.26 Å². The summed E-state index contributed by atoms with van der Waals surface area (Å²) in [6, 6.07) is 4.36. The van der Waals surface area contributed by atoms with Gasteiger partial charge in [0, 0.05) is 12.6 Å². The van der Waals surface area contributed by atoms with E-state index in [0.717, 1.165) is 18.8 Å². The molecule has 2 N–H and O–H groups in total. The van der Waals surface area contributed by atoms with E-state index in [0.29, 0.717) is 19.1 Å². The maximum atomic E-state index is 11.8. The largest absolute Gasteiger partial charge is 0.468 e. The van der Waals surface area contributed by atoms with E-state index in [2.05, 4.69) is 15.5 Å². The van der Waals surface area contributed by atoms with Gasteiger partial charge in [-0.1, -0.05) is 13.8 Å². The molecule has 5 nitrogen and oxygen atoms in total. The summed E-state index contributed by atoms with van der Waals surface area (Å²) in [5.41, 5.74) is 0. The first-order valence-corrected chi connectivity index (χ1v) is 7.44. The summed E-state index contributed by atoms with van der Waals surface area (Å²) in [5, 5.41) is 6.12. The third-order valence-corrected chi connectivity index (χ3v) is 3.62. The smallest absolute Gasteiger partial charge is 0.234 e. The van der Waals surface area contributed by atoms with Crippen LogP contribution in [0.15, 0.2) is 22.8 Å². The number of carbonyl (C=O) groups is 1. The minimum absolute atomic E-state index is 0.0365. The van der Waals surface area contributed by atoms with Crippen molar-refractivity contribution < 1.29 is 9.21 Å². The number of carbonyl (C=O) groups excluding carboxylic acids is 1. The number of furan rings is 1. The van der Waals surface area contributed by atoms with Crippen molar-refractivity contribution in [3.63, 3.8) is 0 Å². The number of hydrogen-bond acceptors (Lipinski definition) is 4. The van der Waals surface area contributed by atoms with Gasteiger partial charge in [0.25, 0.3) is 0 Å². The van der Waals surface area contributed by atoms with Crippen LogP contribution in [0.5, 0.6) is 0 Å². The first-order chi connectivity index (χ1) is 9.66. The average Bonchev–Trinajstić information content (AvgIpc) is 3.09. The standard InChI is InChI=1S/C15H25N3O2/c1-12(2)16-11-15(19)17-10-13(14-6-5-9-20-14)18-7-3-4-8-18/h5-6,9,12-13,16H,3-4,7-8,10-11H2,1-2H3,(H,17,19). The molecule has 1 aromatic heterocycles. The van der Waals surface area contributed by atoms with Crippen LogP contribution in [0.1, 0.15) is 38.5 Å². The Bertz CT molecular complexity index is 397. The Morgan fingerprint density at radius 1 is 1.40 bits per heavy atom. The molecule has 1 aliphatic rings. The van der Waals surface area contributed by atoms with Gasteiger partial charge >= 0.3 is 0 Å². The summed E-state index contributed by atoms with van der Waals surface area (Å²) in [6.07, 6.45) is 4.14. The lowest BCUT2D eigenvalue weighted by atomic mass is 10.2. The quantitative estimate of drug-likeness (QED) is 0.795. The lowest BCUT2D eigenvalue weighted by Gasteiger charge is -2.26. The Morgan fingerprint density at radius 2 is 2.15 bits per heavy atom. The Labute approximate surface area is 120 Å². The molecule has 0 bridgehead atoms. The second-order valence-corrected chi connectivity index (χ2v) is 5.61. The molecule has 0 aliphatic carbocycles. The van der Waals surface area contributed by atoms with Crippen molar-refractivity contribution in [1.29, 1.82) is 0 Å². The van der Waals surface area contributed by atoms with Crippen LogP contribution in [0, 0.1) is 0 Å². The molecule has 1 aromatic rings. The topological polar surface area (TPSA) is 57.5 Å².